The fourth-order valence-corrected chi connectivity index (χ4v) is 2.12. The molecule has 1 unspecified atom stereocenters. The van der Waals surface area contributed by atoms with Crippen molar-refractivity contribution in [2.45, 2.75) is 19.5 Å². The number of rotatable bonds is 4. The molecule has 4 heteroatoms. The van der Waals surface area contributed by atoms with Gasteiger partial charge in [-0.3, -0.25) is 0 Å². The Bertz CT molecular complexity index is 574. The standard InChI is InChI=1S/C15H15ClFNO/c1-10(14-6-5-13(17)8-15(14)19)18-9-11-3-2-4-12(16)7-11/h2-8,10,18-19H,9H2,1H3. The lowest BCUT2D eigenvalue weighted by molar-refractivity contribution is 0.446. The maximum Gasteiger partial charge on any atom is 0.126 e. The maximum atomic E-state index is 12.9. The molecule has 0 heterocycles. The van der Waals surface area contributed by atoms with Crippen LogP contribution in [0, 0.1) is 5.82 Å². The van der Waals surface area contributed by atoms with E-state index in [2.05, 4.69) is 5.32 Å². The highest BCUT2D eigenvalue weighted by molar-refractivity contribution is 6.30. The third-order valence-corrected chi connectivity index (χ3v) is 3.20. The van der Waals surface area contributed by atoms with Crippen LogP contribution in [0.2, 0.25) is 5.02 Å². The average Bonchev–Trinajstić information content (AvgIpc) is 2.36. The lowest BCUT2D eigenvalue weighted by atomic mass is 10.1. The van der Waals surface area contributed by atoms with Gasteiger partial charge >= 0.3 is 0 Å². The van der Waals surface area contributed by atoms with Gasteiger partial charge in [-0.25, -0.2) is 4.39 Å². The van der Waals surface area contributed by atoms with E-state index in [1.807, 2.05) is 31.2 Å². The van der Waals surface area contributed by atoms with Gasteiger partial charge in [0.15, 0.2) is 0 Å². The molecule has 2 aromatic rings. The number of nitrogens with one attached hydrogen (secondary N) is 1. The normalized spacial score (nSPS) is 12.4. The molecule has 100 valence electrons. The first-order valence-electron chi connectivity index (χ1n) is 6.02. The molecule has 0 bridgehead atoms. The molecule has 2 rings (SSSR count). The van der Waals surface area contributed by atoms with E-state index in [0.717, 1.165) is 11.6 Å². The summed E-state index contributed by atoms with van der Waals surface area (Å²) in [7, 11) is 0. The van der Waals surface area contributed by atoms with Crippen molar-refractivity contribution in [3.63, 3.8) is 0 Å². The predicted octanol–water partition coefficient (Wildman–Crippen LogP) is 4.04. The van der Waals surface area contributed by atoms with Crippen LogP contribution in [0.4, 0.5) is 4.39 Å². The molecule has 19 heavy (non-hydrogen) atoms. The number of phenols is 1. The van der Waals surface area contributed by atoms with Crippen LogP contribution in [0.1, 0.15) is 24.1 Å². The Kier molecular flexibility index (Phi) is 4.40. The maximum absolute atomic E-state index is 12.9. The monoisotopic (exact) mass is 279 g/mol. The molecule has 2 nitrogen and oxygen atoms in total. The number of benzene rings is 2. The number of halogens is 2. The topological polar surface area (TPSA) is 32.3 Å². The van der Waals surface area contributed by atoms with E-state index in [4.69, 9.17) is 11.6 Å². The second-order valence-corrected chi connectivity index (χ2v) is 4.87. The summed E-state index contributed by atoms with van der Waals surface area (Å²) in [5.74, 6) is -0.477. The first-order chi connectivity index (χ1) is 9.06. The summed E-state index contributed by atoms with van der Waals surface area (Å²) in [6.07, 6.45) is 0. The summed E-state index contributed by atoms with van der Waals surface area (Å²) in [4.78, 5) is 0. The average molecular weight is 280 g/mol. The molecule has 2 N–H and O–H groups in total. The first-order valence-corrected chi connectivity index (χ1v) is 6.40. The van der Waals surface area contributed by atoms with Crippen LogP contribution < -0.4 is 5.32 Å². The lowest BCUT2D eigenvalue weighted by Crippen LogP contribution is -2.18. The van der Waals surface area contributed by atoms with Crippen molar-refractivity contribution in [2.75, 3.05) is 0 Å². The molecule has 0 radical (unpaired) electrons. The van der Waals surface area contributed by atoms with Gasteiger partial charge in [-0.1, -0.05) is 29.8 Å². The predicted molar refractivity (Wildman–Crippen MR) is 74.8 cm³/mol. The Labute approximate surface area is 116 Å². The van der Waals surface area contributed by atoms with E-state index in [-0.39, 0.29) is 11.8 Å². The van der Waals surface area contributed by atoms with Gasteiger partial charge in [0, 0.05) is 29.2 Å². The van der Waals surface area contributed by atoms with E-state index in [9.17, 15) is 9.50 Å². The molecule has 0 spiro atoms. The van der Waals surface area contributed by atoms with Crippen LogP contribution in [0.25, 0.3) is 0 Å². The van der Waals surface area contributed by atoms with Crippen molar-refractivity contribution in [3.8, 4) is 5.75 Å². The third-order valence-electron chi connectivity index (χ3n) is 2.96. The Hall–Kier alpha value is -1.58. The van der Waals surface area contributed by atoms with Crippen molar-refractivity contribution in [1.82, 2.24) is 5.32 Å². The van der Waals surface area contributed by atoms with Crippen LogP contribution >= 0.6 is 11.6 Å². The summed E-state index contributed by atoms with van der Waals surface area (Å²) in [5.41, 5.74) is 1.73. The largest absolute Gasteiger partial charge is 0.508 e. The smallest absolute Gasteiger partial charge is 0.126 e. The molecular formula is C15H15ClFNO. The zero-order valence-electron chi connectivity index (χ0n) is 10.5. The second kappa shape index (κ2) is 6.04. The van der Waals surface area contributed by atoms with Gasteiger partial charge in [-0.15, -0.1) is 0 Å². The van der Waals surface area contributed by atoms with Gasteiger partial charge in [0.2, 0.25) is 0 Å². The molecule has 0 saturated heterocycles. The molecule has 0 fully saturated rings. The summed E-state index contributed by atoms with van der Waals surface area (Å²) in [6, 6.07) is 11.5. The number of aromatic hydroxyl groups is 1. The van der Waals surface area contributed by atoms with Gasteiger partial charge in [-0.05, 0) is 30.7 Å². The summed E-state index contributed by atoms with van der Waals surface area (Å²) >= 11 is 5.91. The number of hydrogen-bond acceptors (Lipinski definition) is 2. The van der Waals surface area contributed by atoms with E-state index in [1.165, 1.54) is 6.07 Å². The third kappa shape index (κ3) is 3.69. The van der Waals surface area contributed by atoms with E-state index in [1.54, 1.807) is 6.07 Å². The first kappa shape index (κ1) is 13.8. The minimum atomic E-state index is -0.441. The summed E-state index contributed by atoms with van der Waals surface area (Å²) < 4.78 is 12.9. The van der Waals surface area contributed by atoms with Gasteiger partial charge in [0.05, 0.1) is 0 Å². The Morgan fingerprint density at radius 3 is 2.74 bits per heavy atom. The van der Waals surface area contributed by atoms with Crippen molar-refractivity contribution in [2.24, 2.45) is 0 Å². The van der Waals surface area contributed by atoms with E-state index >= 15 is 0 Å². The van der Waals surface area contributed by atoms with E-state index in [0.29, 0.717) is 17.1 Å². The van der Waals surface area contributed by atoms with Gasteiger partial charge in [0.25, 0.3) is 0 Å². The molecular weight excluding hydrogens is 265 g/mol. The van der Waals surface area contributed by atoms with Crippen molar-refractivity contribution < 1.29 is 9.50 Å². The van der Waals surface area contributed by atoms with Gasteiger partial charge < -0.3 is 10.4 Å². The Morgan fingerprint density at radius 2 is 2.05 bits per heavy atom. The molecule has 0 amide bonds. The molecule has 0 aliphatic rings. The highest BCUT2D eigenvalue weighted by atomic mass is 35.5. The van der Waals surface area contributed by atoms with Crippen molar-refractivity contribution in [1.29, 1.82) is 0 Å². The second-order valence-electron chi connectivity index (χ2n) is 4.44. The lowest BCUT2D eigenvalue weighted by Gasteiger charge is -2.15. The molecule has 2 aromatic carbocycles. The van der Waals surface area contributed by atoms with Crippen LogP contribution in [-0.2, 0) is 6.54 Å². The fraction of sp³-hybridized carbons (Fsp3) is 0.200. The minimum Gasteiger partial charge on any atom is -0.508 e. The molecule has 1 atom stereocenters. The van der Waals surface area contributed by atoms with Crippen molar-refractivity contribution in [3.05, 3.63) is 64.4 Å². The fourth-order valence-electron chi connectivity index (χ4n) is 1.91. The number of phenolic OH excluding ortho intramolecular Hbond substituents is 1. The highest BCUT2D eigenvalue weighted by Gasteiger charge is 2.10. The molecule has 0 aliphatic heterocycles. The van der Waals surface area contributed by atoms with Crippen molar-refractivity contribution >= 4 is 11.6 Å². The highest BCUT2D eigenvalue weighted by Crippen LogP contribution is 2.25. The molecule has 0 aliphatic carbocycles. The molecule has 0 aromatic heterocycles. The van der Waals surface area contributed by atoms with Gasteiger partial charge in [-0.2, -0.15) is 0 Å². The molecule has 0 saturated carbocycles. The Balaban J connectivity index is 2.03. The van der Waals surface area contributed by atoms with Gasteiger partial charge in [0.1, 0.15) is 11.6 Å². The summed E-state index contributed by atoms with van der Waals surface area (Å²) in [6.45, 7) is 2.54. The summed E-state index contributed by atoms with van der Waals surface area (Å²) in [5, 5.41) is 13.7. The number of hydrogen-bond donors (Lipinski definition) is 2. The minimum absolute atomic E-state index is 0.0360. The Morgan fingerprint density at radius 1 is 1.26 bits per heavy atom. The SMILES string of the molecule is CC(NCc1cccc(Cl)c1)c1ccc(F)cc1O. The van der Waals surface area contributed by atoms with Crippen LogP contribution in [0.15, 0.2) is 42.5 Å². The zero-order chi connectivity index (χ0) is 13.8. The van der Waals surface area contributed by atoms with Crippen LogP contribution in [0.3, 0.4) is 0 Å². The quantitative estimate of drug-likeness (QED) is 0.885. The van der Waals surface area contributed by atoms with Crippen LogP contribution in [0.5, 0.6) is 5.75 Å². The van der Waals surface area contributed by atoms with Crippen LogP contribution in [-0.4, -0.2) is 5.11 Å². The van der Waals surface area contributed by atoms with E-state index < -0.39 is 5.82 Å². The zero-order valence-corrected chi connectivity index (χ0v) is 11.3.